The molecule has 56 valence electrons. The molecule has 0 aromatic heterocycles. The molecule has 1 saturated heterocycles. The molecule has 0 unspecified atom stereocenters. The minimum Gasteiger partial charge on any atom is -0.161 e. The van der Waals surface area contributed by atoms with Crippen LogP contribution in [0.3, 0.4) is 0 Å². The monoisotopic (exact) mass is 164 g/mol. The van der Waals surface area contributed by atoms with Crippen LogP contribution in [0.1, 0.15) is 13.8 Å². The Morgan fingerprint density at radius 2 is 1.56 bits per heavy atom. The highest BCUT2D eigenvalue weighted by Crippen LogP contribution is 2.35. The molecule has 1 rings (SSSR count). The summed E-state index contributed by atoms with van der Waals surface area (Å²) in [4.78, 5) is 0. The molecule has 0 bridgehead atoms. The Labute approximate surface area is 64.6 Å². The van der Waals surface area contributed by atoms with E-state index in [-0.39, 0.29) is 0 Å². The molecule has 0 spiro atoms. The van der Waals surface area contributed by atoms with Gasteiger partial charge in [-0.3, -0.25) is 0 Å². The second-order valence-electron chi connectivity index (χ2n) is 1.92. The van der Waals surface area contributed by atoms with E-state index >= 15 is 0 Å². The summed E-state index contributed by atoms with van der Waals surface area (Å²) in [5.74, 6) is 2.87. The summed E-state index contributed by atoms with van der Waals surface area (Å²) >= 11 is 2.11. The van der Waals surface area contributed by atoms with Crippen LogP contribution in [0.25, 0.3) is 0 Å². The molecule has 1 fully saturated rings. The van der Waals surface area contributed by atoms with Gasteiger partial charge in [-0.1, -0.05) is 13.8 Å². The molecule has 9 heavy (non-hydrogen) atoms. The van der Waals surface area contributed by atoms with Crippen molar-refractivity contribution in [3.8, 4) is 0 Å². The first-order valence-corrected chi connectivity index (χ1v) is 6.97. The van der Waals surface area contributed by atoms with Gasteiger partial charge in [-0.2, -0.15) is 11.8 Å². The normalized spacial score (nSPS) is 20.3. The van der Waals surface area contributed by atoms with Gasteiger partial charge in [0.2, 0.25) is 0 Å². The Bertz CT molecular complexity index is 50.9. The van der Waals surface area contributed by atoms with Crippen LogP contribution >= 0.6 is 19.7 Å². The summed E-state index contributed by atoms with van der Waals surface area (Å²) < 4.78 is 0. The zero-order chi connectivity index (χ0) is 7.11. The Hall–Kier alpha value is 0.780. The van der Waals surface area contributed by atoms with Gasteiger partial charge in [0.1, 0.15) is 0 Å². The van der Waals surface area contributed by atoms with Gasteiger partial charge in [0.25, 0.3) is 0 Å². The second-order valence-corrected chi connectivity index (χ2v) is 5.75. The largest absolute Gasteiger partial charge is 0.161 e. The van der Waals surface area contributed by atoms with E-state index in [4.69, 9.17) is 0 Å². The maximum Gasteiger partial charge on any atom is -0.00281 e. The lowest BCUT2D eigenvalue weighted by atomic mass is 10.9. The lowest BCUT2D eigenvalue weighted by molar-refractivity contribution is 1.38. The van der Waals surface area contributed by atoms with Crippen LogP contribution in [0, 0.1) is 0 Å². The van der Waals surface area contributed by atoms with Crippen molar-refractivity contribution in [2.45, 2.75) is 13.8 Å². The Kier molecular flexibility index (Phi) is 7.49. The molecule has 0 nitrogen and oxygen atoms in total. The van der Waals surface area contributed by atoms with Crippen LogP contribution in [0.15, 0.2) is 0 Å². The highest BCUT2D eigenvalue weighted by molar-refractivity contribution is 8.00. The predicted octanol–water partition coefficient (Wildman–Crippen LogP) is 2.87. The van der Waals surface area contributed by atoms with Gasteiger partial charge in [0.05, 0.1) is 0 Å². The zero-order valence-corrected chi connectivity index (χ0v) is 8.39. The van der Waals surface area contributed by atoms with E-state index < -0.39 is 0 Å². The average Bonchev–Trinajstić information content (AvgIpc) is 1.94. The fraction of sp³-hybridized carbons (Fsp3) is 1.00. The quantitative estimate of drug-likeness (QED) is 0.496. The SMILES string of the molecule is CC.CP1CCSCC1. The number of rotatable bonds is 0. The Morgan fingerprint density at radius 3 is 1.78 bits per heavy atom. The van der Waals surface area contributed by atoms with E-state index in [2.05, 4.69) is 18.4 Å². The summed E-state index contributed by atoms with van der Waals surface area (Å²) in [5.41, 5.74) is 0. The van der Waals surface area contributed by atoms with Gasteiger partial charge >= 0.3 is 0 Å². The molecule has 0 saturated carbocycles. The molecule has 1 heterocycles. The van der Waals surface area contributed by atoms with Crippen molar-refractivity contribution in [2.75, 3.05) is 30.5 Å². The number of hydrogen-bond donors (Lipinski definition) is 0. The van der Waals surface area contributed by atoms with Crippen LogP contribution in [0.4, 0.5) is 0 Å². The minimum atomic E-state index is 0.488. The molecule has 1 aliphatic heterocycles. The van der Waals surface area contributed by atoms with Crippen LogP contribution < -0.4 is 0 Å². The summed E-state index contributed by atoms with van der Waals surface area (Å²) in [6, 6.07) is 0. The van der Waals surface area contributed by atoms with Gasteiger partial charge < -0.3 is 0 Å². The molecule has 0 aromatic rings. The molecule has 0 aromatic carbocycles. The van der Waals surface area contributed by atoms with Gasteiger partial charge in [-0.15, -0.1) is 7.92 Å². The van der Waals surface area contributed by atoms with Crippen molar-refractivity contribution < 1.29 is 0 Å². The van der Waals surface area contributed by atoms with Gasteiger partial charge in [-0.05, 0) is 30.5 Å². The molecule has 0 N–H and O–H groups in total. The maximum atomic E-state index is 2.41. The summed E-state index contributed by atoms with van der Waals surface area (Å²) in [6.07, 6.45) is 3.03. The van der Waals surface area contributed by atoms with Crippen molar-refractivity contribution in [1.82, 2.24) is 0 Å². The van der Waals surface area contributed by atoms with E-state index in [9.17, 15) is 0 Å². The van der Waals surface area contributed by atoms with E-state index in [1.54, 1.807) is 0 Å². The minimum absolute atomic E-state index is 0.488. The highest BCUT2D eigenvalue weighted by Gasteiger charge is 2.05. The summed E-state index contributed by atoms with van der Waals surface area (Å²) in [5, 5.41) is 0. The molecule has 0 radical (unpaired) electrons. The molecular formula is C7H17PS. The van der Waals surface area contributed by atoms with Crippen molar-refractivity contribution in [2.24, 2.45) is 0 Å². The lowest BCUT2D eigenvalue weighted by Gasteiger charge is -2.16. The molecular weight excluding hydrogens is 147 g/mol. The molecule has 0 amide bonds. The third-order valence-electron chi connectivity index (χ3n) is 1.23. The van der Waals surface area contributed by atoms with Crippen molar-refractivity contribution >= 4 is 19.7 Å². The highest BCUT2D eigenvalue weighted by atomic mass is 32.2. The average molecular weight is 164 g/mol. The van der Waals surface area contributed by atoms with Gasteiger partial charge in [0, 0.05) is 0 Å². The van der Waals surface area contributed by atoms with Crippen LogP contribution in [0.5, 0.6) is 0 Å². The molecule has 2 heteroatoms. The van der Waals surface area contributed by atoms with Crippen LogP contribution in [0.2, 0.25) is 0 Å². The summed E-state index contributed by atoms with van der Waals surface area (Å²) in [6.45, 7) is 6.41. The first-order valence-electron chi connectivity index (χ1n) is 3.66. The lowest BCUT2D eigenvalue weighted by Crippen LogP contribution is -2.01. The maximum absolute atomic E-state index is 2.41. The van der Waals surface area contributed by atoms with Gasteiger partial charge in [-0.25, -0.2) is 0 Å². The van der Waals surface area contributed by atoms with Crippen molar-refractivity contribution in [3.63, 3.8) is 0 Å². The second kappa shape index (κ2) is 6.89. The number of thioether (sulfide) groups is 1. The standard InChI is InChI=1S/C5H11PS.C2H6/c1-6-2-4-7-5-3-6;1-2/h2-5H2,1H3;1-2H3. The third kappa shape index (κ3) is 5.24. The Balaban J connectivity index is 0.000000291. The zero-order valence-electron chi connectivity index (χ0n) is 6.68. The van der Waals surface area contributed by atoms with Crippen LogP contribution in [-0.4, -0.2) is 30.5 Å². The van der Waals surface area contributed by atoms with E-state index in [1.807, 2.05) is 13.8 Å². The fourth-order valence-corrected chi connectivity index (χ4v) is 4.61. The molecule has 1 aliphatic rings. The van der Waals surface area contributed by atoms with Crippen molar-refractivity contribution in [1.29, 1.82) is 0 Å². The first kappa shape index (κ1) is 9.78. The third-order valence-corrected chi connectivity index (χ3v) is 4.80. The van der Waals surface area contributed by atoms with Crippen LogP contribution in [-0.2, 0) is 0 Å². The van der Waals surface area contributed by atoms with E-state index in [0.717, 1.165) is 0 Å². The smallest absolute Gasteiger partial charge is 0.00281 e. The number of hydrogen-bond acceptors (Lipinski definition) is 1. The Morgan fingerprint density at radius 1 is 1.11 bits per heavy atom. The molecule has 0 atom stereocenters. The van der Waals surface area contributed by atoms with E-state index in [0.29, 0.717) is 7.92 Å². The predicted molar refractivity (Wildman–Crippen MR) is 51.3 cm³/mol. The molecule has 0 aliphatic carbocycles. The van der Waals surface area contributed by atoms with Crippen molar-refractivity contribution in [3.05, 3.63) is 0 Å². The van der Waals surface area contributed by atoms with E-state index in [1.165, 1.54) is 23.8 Å². The van der Waals surface area contributed by atoms with Gasteiger partial charge in [0.15, 0.2) is 0 Å². The fourth-order valence-electron chi connectivity index (χ4n) is 0.655. The topological polar surface area (TPSA) is 0 Å². The summed E-state index contributed by atoms with van der Waals surface area (Å²) in [7, 11) is 0.488. The first-order chi connectivity index (χ1) is 4.39.